The summed E-state index contributed by atoms with van der Waals surface area (Å²) in [5, 5.41) is 12.8. The first-order valence-electron chi connectivity index (χ1n) is 9.75. The summed E-state index contributed by atoms with van der Waals surface area (Å²) in [5.74, 6) is 0.321. The van der Waals surface area contributed by atoms with Crippen LogP contribution in [-0.2, 0) is 20.9 Å². The molecule has 4 rings (SSSR count). The van der Waals surface area contributed by atoms with E-state index in [0.29, 0.717) is 28.7 Å². The highest BCUT2D eigenvalue weighted by molar-refractivity contribution is 5.87. The van der Waals surface area contributed by atoms with E-state index < -0.39 is 11.5 Å². The van der Waals surface area contributed by atoms with Gasteiger partial charge in [-0.1, -0.05) is 0 Å². The Bertz CT molecular complexity index is 945. The van der Waals surface area contributed by atoms with E-state index in [1.165, 1.54) is 13.2 Å². The number of amides is 1. The number of rotatable bonds is 5. The van der Waals surface area contributed by atoms with Gasteiger partial charge < -0.3 is 24.3 Å². The summed E-state index contributed by atoms with van der Waals surface area (Å²) in [6.45, 7) is 1.96. The summed E-state index contributed by atoms with van der Waals surface area (Å²) in [6.07, 6.45) is 3.55. The molecule has 1 spiro atoms. The number of carbonyl (C=O) groups is 2. The van der Waals surface area contributed by atoms with Gasteiger partial charge in [-0.25, -0.2) is 4.98 Å². The summed E-state index contributed by atoms with van der Waals surface area (Å²) in [5.41, 5.74) is 0.560. The number of methoxy groups -OCH3 is 1. The molecule has 0 bridgehead atoms. The van der Waals surface area contributed by atoms with Gasteiger partial charge in [0, 0.05) is 5.56 Å². The number of nitrogens with one attached hydrogen (secondary N) is 1. The van der Waals surface area contributed by atoms with Gasteiger partial charge in [0.2, 0.25) is 11.8 Å². The van der Waals surface area contributed by atoms with Gasteiger partial charge in [0.15, 0.2) is 11.5 Å². The number of ether oxygens (including phenoxy) is 2. The lowest BCUT2D eigenvalue weighted by atomic mass is 9.85. The molecule has 1 aromatic carbocycles. The molecule has 8 nitrogen and oxygen atoms in total. The molecular weight excluding hydrogens is 376 g/mol. The minimum Gasteiger partial charge on any atom is -0.504 e. The molecule has 1 aromatic heterocycles. The van der Waals surface area contributed by atoms with E-state index in [1.54, 1.807) is 19.1 Å². The van der Waals surface area contributed by atoms with Crippen LogP contribution in [0.15, 0.2) is 22.6 Å². The minimum atomic E-state index is -0.633. The first-order chi connectivity index (χ1) is 13.9. The molecule has 2 aliphatic rings. The average Bonchev–Trinajstić information content (AvgIpc) is 3.39. The van der Waals surface area contributed by atoms with Gasteiger partial charge in [-0.2, -0.15) is 0 Å². The van der Waals surface area contributed by atoms with Crippen LogP contribution in [0.25, 0.3) is 11.5 Å². The van der Waals surface area contributed by atoms with Gasteiger partial charge in [-0.05, 0) is 50.8 Å². The quantitative estimate of drug-likeness (QED) is 0.743. The van der Waals surface area contributed by atoms with E-state index in [0.717, 1.165) is 25.7 Å². The number of benzene rings is 1. The number of carbonyl (C=O) groups excluding carboxylic acids is 2. The maximum absolute atomic E-state index is 12.8. The molecule has 2 aromatic rings. The number of oxazole rings is 1. The molecule has 1 amide bonds. The monoisotopic (exact) mass is 400 g/mol. The summed E-state index contributed by atoms with van der Waals surface area (Å²) in [4.78, 5) is 29.0. The molecule has 1 atom stereocenters. The fraction of sp³-hybridized carbons (Fsp3) is 0.476. The third-order valence-corrected chi connectivity index (χ3v) is 5.84. The van der Waals surface area contributed by atoms with Crippen LogP contribution < -0.4 is 10.1 Å². The largest absolute Gasteiger partial charge is 0.504 e. The SMILES string of the molecule is COc1ccc(-c2nc(CNC(=O)C3CC(=O)OC34CCCC4)c(C)o2)cc1O. The third kappa shape index (κ3) is 3.54. The van der Waals surface area contributed by atoms with Gasteiger partial charge in [0.05, 0.1) is 26.0 Å². The van der Waals surface area contributed by atoms with Crippen molar-refractivity contribution >= 4 is 11.9 Å². The van der Waals surface area contributed by atoms with Crippen molar-refractivity contribution in [2.24, 2.45) is 5.92 Å². The zero-order chi connectivity index (χ0) is 20.6. The normalized spacial score (nSPS) is 20.1. The van der Waals surface area contributed by atoms with Crippen LogP contribution in [0.4, 0.5) is 0 Å². The number of phenols is 1. The number of aromatic nitrogens is 1. The Balaban J connectivity index is 1.46. The van der Waals surface area contributed by atoms with E-state index in [-0.39, 0.29) is 30.6 Å². The molecule has 154 valence electrons. The first-order valence-corrected chi connectivity index (χ1v) is 9.75. The predicted octanol–water partition coefficient (Wildman–Crippen LogP) is 2.86. The molecule has 1 saturated carbocycles. The molecular formula is C21H24N2O6. The molecule has 2 N–H and O–H groups in total. The Morgan fingerprint density at radius 2 is 2.14 bits per heavy atom. The number of hydrogen-bond donors (Lipinski definition) is 2. The highest BCUT2D eigenvalue weighted by atomic mass is 16.6. The summed E-state index contributed by atoms with van der Waals surface area (Å²) in [6, 6.07) is 4.87. The van der Waals surface area contributed by atoms with Crippen LogP contribution in [0.5, 0.6) is 11.5 Å². The first kappa shape index (κ1) is 19.3. The minimum absolute atomic E-state index is 0.0107. The average molecular weight is 400 g/mol. The van der Waals surface area contributed by atoms with Crippen molar-refractivity contribution in [3.63, 3.8) is 0 Å². The van der Waals surface area contributed by atoms with Crippen molar-refractivity contribution in [3.8, 4) is 23.0 Å². The van der Waals surface area contributed by atoms with Crippen LogP contribution in [-0.4, -0.2) is 34.7 Å². The lowest BCUT2D eigenvalue weighted by Crippen LogP contribution is -2.42. The molecule has 8 heteroatoms. The zero-order valence-corrected chi connectivity index (χ0v) is 16.5. The van der Waals surface area contributed by atoms with E-state index in [4.69, 9.17) is 13.9 Å². The maximum atomic E-state index is 12.8. The number of nitrogens with zero attached hydrogens (tertiary/aromatic N) is 1. The topological polar surface area (TPSA) is 111 Å². The Hall–Kier alpha value is -3.03. The van der Waals surface area contributed by atoms with Crippen molar-refractivity contribution in [1.82, 2.24) is 10.3 Å². The molecule has 1 saturated heterocycles. The predicted molar refractivity (Wildman–Crippen MR) is 102 cm³/mol. The molecule has 1 aliphatic carbocycles. The third-order valence-electron chi connectivity index (χ3n) is 5.84. The fourth-order valence-electron chi connectivity index (χ4n) is 4.28. The fourth-order valence-corrected chi connectivity index (χ4v) is 4.28. The summed E-state index contributed by atoms with van der Waals surface area (Å²) < 4.78 is 16.3. The Labute approximate surface area is 168 Å². The molecule has 1 unspecified atom stereocenters. The van der Waals surface area contributed by atoms with Gasteiger partial charge in [-0.3, -0.25) is 9.59 Å². The molecule has 0 radical (unpaired) electrons. The van der Waals surface area contributed by atoms with Crippen molar-refractivity contribution in [2.75, 3.05) is 7.11 Å². The molecule has 29 heavy (non-hydrogen) atoms. The van der Waals surface area contributed by atoms with Gasteiger partial charge in [0.1, 0.15) is 17.1 Å². The smallest absolute Gasteiger partial charge is 0.307 e. The Morgan fingerprint density at radius 1 is 1.38 bits per heavy atom. The zero-order valence-electron chi connectivity index (χ0n) is 16.5. The number of hydrogen-bond acceptors (Lipinski definition) is 7. The van der Waals surface area contributed by atoms with E-state index in [9.17, 15) is 14.7 Å². The molecule has 1 aliphatic heterocycles. The van der Waals surface area contributed by atoms with Gasteiger partial charge in [0.25, 0.3) is 0 Å². The lowest BCUT2D eigenvalue weighted by Gasteiger charge is -2.27. The highest BCUT2D eigenvalue weighted by Gasteiger charge is 2.53. The second kappa shape index (κ2) is 7.42. The van der Waals surface area contributed by atoms with E-state index in [2.05, 4.69) is 10.3 Å². The Morgan fingerprint density at radius 3 is 2.83 bits per heavy atom. The second-order valence-corrected chi connectivity index (χ2v) is 7.63. The number of aromatic hydroxyl groups is 1. The van der Waals surface area contributed by atoms with Crippen molar-refractivity contribution in [2.45, 2.75) is 51.2 Å². The van der Waals surface area contributed by atoms with E-state index in [1.807, 2.05) is 0 Å². The number of esters is 1. The summed E-state index contributed by atoms with van der Waals surface area (Å²) in [7, 11) is 1.48. The van der Waals surface area contributed by atoms with Crippen LogP contribution in [0.3, 0.4) is 0 Å². The highest BCUT2D eigenvalue weighted by Crippen LogP contribution is 2.45. The second-order valence-electron chi connectivity index (χ2n) is 7.63. The van der Waals surface area contributed by atoms with Crippen molar-refractivity contribution < 1.29 is 28.6 Å². The van der Waals surface area contributed by atoms with Crippen molar-refractivity contribution in [3.05, 3.63) is 29.7 Å². The van der Waals surface area contributed by atoms with Crippen LogP contribution in [0, 0.1) is 12.8 Å². The summed E-state index contributed by atoms with van der Waals surface area (Å²) >= 11 is 0. The van der Waals surface area contributed by atoms with Crippen LogP contribution >= 0.6 is 0 Å². The number of aryl methyl sites for hydroxylation is 1. The molecule has 2 fully saturated rings. The van der Waals surface area contributed by atoms with Gasteiger partial charge in [-0.15, -0.1) is 0 Å². The number of phenolic OH excluding ortho intramolecular Hbond substituents is 1. The Kier molecular flexibility index (Phi) is 4.94. The van der Waals surface area contributed by atoms with Gasteiger partial charge >= 0.3 is 5.97 Å². The van der Waals surface area contributed by atoms with Crippen molar-refractivity contribution in [1.29, 1.82) is 0 Å². The van der Waals surface area contributed by atoms with Crippen LogP contribution in [0.2, 0.25) is 0 Å². The van der Waals surface area contributed by atoms with E-state index >= 15 is 0 Å². The lowest BCUT2D eigenvalue weighted by molar-refractivity contribution is -0.150. The molecule has 2 heterocycles. The van der Waals surface area contributed by atoms with Crippen LogP contribution in [0.1, 0.15) is 43.6 Å². The standard InChI is InChI=1S/C21H24N2O6/c1-12-15(23-20(28-12)13-5-6-17(27-2)16(24)9-13)11-22-19(26)14-10-18(25)29-21(14)7-3-4-8-21/h5-6,9,14,24H,3-4,7-8,10-11H2,1-2H3,(H,22,26). The maximum Gasteiger partial charge on any atom is 0.307 e.